The van der Waals surface area contributed by atoms with Crippen LogP contribution in [0.4, 0.5) is 0 Å². The number of ketones is 1. The molecule has 0 unspecified atom stereocenters. The number of aryl methyl sites for hydroxylation is 1. The molecule has 2 fully saturated rings. The highest BCUT2D eigenvalue weighted by Crippen LogP contribution is 2.53. The van der Waals surface area contributed by atoms with Crippen molar-refractivity contribution in [3.63, 3.8) is 0 Å². The maximum Gasteiger partial charge on any atom is 0.304 e. The van der Waals surface area contributed by atoms with Gasteiger partial charge in [0.15, 0.2) is 0 Å². The molecule has 1 aromatic heterocycles. The molecule has 0 aliphatic heterocycles. The fourth-order valence-electron chi connectivity index (χ4n) is 5.76. The number of halogens is 1. The lowest BCUT2D eigenvalue weighted by Crippen LogP contribution is -2.24. The zero-order valence-corrected chi connectivity index (χ0v) is 21.9. The zero-order chi connectivity index (χ0) is 25.1. The Hall–Kier alpha value is -2.14. The molecule has 2 aliphatic rings. The summed E-state index contributed by atoms with van der Waals surface area (Å²) in [5.41, 5.74) is 3.63. The second-order valence-electron chi connectivity index (χ2n) is 10.9. The molecule has 190 valence electrons. The molecule has 0 saturated heterocycles. The average Bonchev–Trinajstić information content (AvgIpc) is 3.53. The molecular formula is C29H38ClNO4. The SMILES string of the molecule is CCC(CC)CC1CC(c2onc([C@H](CC(=O)O)CC(=O)Cc3ccc(C)cc3Cl)c2C2CC2)C1. The monoisotopic (exact) mass is 499 g/mol. The Morgan fingerprint density at radius 3 is 2.46 bits per heavy atom. The van der Waals surface area contributed by atoms with Gasteiger partial charge in [0.05, 0.1) is 12.1 Å². The average molecular weight is 500 g/mol. The summed E-state index contributed by atoms with van der Waals surface area (Å²) in [7, 11) is 0. The maximum atomic E-state index is 13.0. The first-order valence-electron chi connectivity index (χ1n) is 13.3. The van der Waals surface area contributed by atoms with Gasteiger partial charge in [-0.05, 0) is 74.0 Å². The number of benzene rings is 1. The third-order valence-electron chi connectivity index (χ3n) is 8.08. The minimum atomic E-state index is -0.920. The number of aromatic nitrogens is 1. The van der Waals surface area contributed by atoms with Crippen molar-refractivity contribution in [2.24, 2.45) is 11.8 Å². The van der Waals surface area contributed by atoms with Crippen LogP contribution in [0, 0.1) is 18.8 Å². The van der Waals surface area contributed by atoms with Crippen molar-refractivity contribution in [2.75, 3.05) is 0 Å². The summed E-state index contributed by atoms with van der Waals surface area (Å²) in [5, 5.41) is 14.6. The van der Waals surface area contributed by atoms with Gasteiger partial charge in [-0.2, -0.15) is 0 Å². The number of hydrogen-bond acceptors (Lipinski definition) is 4. The lowest BCUT2D eigenvalue weighted by Gasteiger charge is -2.36. The predicted octanol–water partition coefficient (Wildman–Crippen LogP) is 7.59. The van der Waals surface area contributed by atoms with E-state index < -0.39 is 11.9 Å². The number of carboxylic acid groups (broad SMARTS) is 1. The van der Waals surface area contributed by atoms with E-state index in [1.165, 1.54) is 19.3 Å². The molecule has 1 N–H and O–H groups in total. The lowest BCUT2D eigenvalue weighted by molar-refractivity contribution is -0.137. The standard InChI is InChI=1S/C29H38ClNO4/c1-4-18(5-2)11-19-12-23(13-19)29-27(20-8-9-20)28(31-35-29)22(16-26(33)34)15-24(32)14-21-7-6-17(3)10-25(21)30/h6-7,10,18-20,22-23H,4-5,8-9,11-16H2,1-3H3,(H,33,34)/t19?,22-,23?/m0/s1. The summed E-state index contributed by atoms with van der Waals surface area (Å²) in [6.07, 6.45) is 8.35. The highest BCUT2D eigenvalue weighted by atomic mass is 35.5. The van der Waals surface area contributed by atoms with Crippen molar-refractivity contribution < 1.29 is 19.2 Å². The lowest BCUT2D eigenvalue weighted by atomic mass is 9.68. The normalized spacial score (nSPS) is 20.6. The van der Waals surface area contributed by atoms with Gasteiger partial charge in [-0.3, -0.25) is 9.59 Å². The van der Waals surface area contributed by atoms with E-state index in [4.69, 9.17) is 16.1 Å². The van der Waals surface area contributed by atoms with Crippen LogP contribution < -0.4 is 0 Å². The van der Waals surface area contributed by atoms with Gasteiger partial charge in [0, 0.05) is 35.3 Å². The van der Waals surface area contributed by atoms with Crippen LogP contribution in [0.5, 0.6) is 0 Å². The second-order valence-corrected chi connectivity index (χ2v) is 11.3. The fraction of sp³-hybridized carbons (Fsp3) is 0.621. The molecule has 0 radical (unpaired) electrons. The van der Waals surface area contributed by atoms with Crippen LogP contribution in [0.15, 0.2) is 22.7 Å². The summed E-state index contributed by atoms with van der Waals surface area (Å²) in [4.78, 5) is 24.7. The van der Waals surface area contributed by atoms with Crippen LogP contribution in [0.25, 0.3) is 0 Å². The predicted molar refractivity (Wildman–Crippen MR) is 137 cm³/mol. The van der Waals surface area contributed by atoms with Gasteiger partial charge in [0.25, 0.3) is 0 Å². The Morgan fingerprint density at radius 2 is 1.86 bits per heavy atom. The molecule has 2 saturated carbocycles. The van der Waals surface area contributed by atoms with Crippen molar-refractivity contribution in [3.05, 3.63) is 51.4 Å². The largest absolute Gasteiger partial charge is 0.481 e. The third-order valence-corrected chi connectivity index (χ3v) is 8.43. The van der Waals surface area contributed by atoms with Crippen LogP contribution in [-0.2, 0) is 16.0 Å². The first-order chi connectivity index (χ1) is 16.8. The van der Waals surface area contributed by atoms with Gasteiger partial charge in [-0.1, -0.05) is 55.6 Å². The van der Waals surface area contributed by atoms with Crippen molar-refractivity contribution in [1.82, 2.24) is 5.16 Å². The van der Waals surface area contributed by atoms with Crippen LogP contribution in [0.2, 0.25) is 5.02 Å². The molecule has 0 bridgehead atoms. The molecule has 1 aromatic carbocycles. The molecule has 1 heterocycles. The molecule has 2 aromatic rings. The first-order valence-corrected chi connectivity index (χ1v) is 13.6. The minimum Gasteiger partial charge on any atom is -0.481 e. The Labute approximate surface area is 213 Å². The number of carboxylic acids is 1. The molecule has 6 heteroatoms. The number of nitrogens with zero attached hydrogens (tertiary/aromatic N) is 1. The van der Waals surface area contributed by atoms with E-state index in [0.29, 0.717) is 22.6 Å². The summed E-state index contributed by atoms with van der Waals surface area (Å²) in [6.45, 7) is 6.50. The van der Waals surface area contributed by atoms with Crippen molar-refractivity contribution in [1.29, 1.82) is 0 Å². The minimum absolute atomic E-state index is 0.0258. The third kappa shape index (κ3) is 6.35. The maximum absolute atomic E-state index is 13.0. The van der Waals surface area contributed by atoms with Gasteiger partial charge in [0.1, 0.15) is 11.5 Å². The van der Waals surface area contributed by atoms with Crippen LogP contribution in [-0.4, -0.2) is 22.0 Å². The van der Waals surface area contributed by atoms with E-state index in [1.54, 1.807) is 0 Å². The van der Waals surface area contributed by atoms with E-state index in [2.05, 4.69) is 19.0 Å². The molecule has 0 amide bonds. The highest BCUT2D eigenvalue weighted by molar-refractivity contribution is 6.31. The van der Waals surface area contributed by atoms with E-state index in [0.717, 1.165) is 60.0 Å². The molecule has 1 atom stereocenters. The number of carbonyl (C=O) groups excluding carboxylic acids is 1. The topological polar surface area (TPSA) is 80.4 Å². The van der Waals surface area contributed by atoms with E-state index in [-0.39, 0.29) is 25.0 Å². The summed E-state index contributed by atoms with van der Waals surface area (Å²) < 4.78 is 5.93. The number of aliphatic carboxylic acids is 1. The first kappa shape index (κ1) is 25.9. The van der Waals surface area contributed by atoms with Gasteiger partial charge >= 0.3 is 5.97 Å². The van der Waals surface area contributed by atoms with Gasteiger partial charge in [0.2, 0.25) is 0 Å². The number of carbonyl (C=O) groups is 2. The smallest absolute Gasteiger partial charge is 0.304 e. The molecular weight excluding hydrogens is 462 g/mol. The van der Waals surface area contributed by atoms with Crippen LogP contribution >= 0.6 is 11.6 Å². The Morgan fingerprint density at radius 1 is 1.14 bits per heavy atom. The molecule has 0 spiro atoms. The Balaban J connectivity index is 1.49. The van der Waals surface area contributed by atoms with Crippen molar-refractivity contribution in [2.45, 2.75) is 103 Å². The van der Waals surface area contributed by atoms with Crippen LogP contribution in [0.3, 0.4) is 0 Å². The van der Waals surface area contributed by atoms with E-state index >= 15 is 0 Å². The molecule has 2 aliphatic carbocycles. The number of rotatable bonds is 13. The van der Waals surface area contributed by atoms with E-state index in [1.807, 2.05) is 25.1 Å². The van der Waals surface area contributed by atoms with Gasteiger partial charge < -0.3 is 9.63 Å². The summed E-state index contributed by atoms with van der Waals surface area (Å²) in [5.74, 6) is 1.84. The van der Waals surface area contributed by atoms with E-state index in [9.17, 15) is 14.7 Å². The van der Waals surface area contributed by atoms with Crippen molar-refractivity contribution in [3.8, 4) is 0 Å². The Kier molecular flexibility index (Phi) is 8.36. The Bertz CT molecular complexity index is 1050. The zero-order valence-electron chi connectivity index (χ0n) is 21.2. The fourth-order valence-corrected chi connectivity index (χ4v) is 6.06. The molecule has 5 nitrogen and oxygen atoms in total. The second kappa shape index (κ2) is 11.3. The molecule has 4 rings (SSSR count). The van der Waals surface area contributed by atoms with Gasteiger partial charge in [-0.15, -0.1) is 0 Å². The number of hydrogen-bond donors (Lipinski definition) is 1. The quantitative estimate of drug-likeness (QED) is 0.307. The molecule has 35 heavy (non-hydrogen) atoms. The summed E-state index contributed by atoms with van der Waals surface area (Å²) >= 11 is 6.34. The van der Waals surface area contributed by atoms with Crippen molar-refractivity contribution >= 4 is 23.4 Å². The summed E-state index contributed by atoms with van der Waals surface area (Å²) in [6, 6.07) is 5.66. The van der Waals surface area contributed by atoms with Crippen LogP contribution in [0.1, 0.15) is 118 Å². The number of Topliss-reactive ketones (excluding diaryl/α,β-unsaturated/α-hetero) is 1. The highest BCUT2D eigenvalue weighted by Gasteiger charge is 2.42. The van der Waals surface area contributed by atoms with Gasteiger partial charge in [-0.25, -0.2) is 0 Å².